The van der Waals surface area contributed by atoms with Crippen molar-refractivity contribution in [2.75, 3.05) is 13.1 Å². The Bertz CT molecular complexity index is 225. The highest BCUT2D eigenvalue weighted by molar-refractivity contribution is 4.87. The summed E-state index contributed by atoms with van der Waals surface area (Å²) in [6, 6.07) is 0.760. The van der Waals surface area contributed by atoms with Crippen molar-refractivity contribution in [2.45, 2.75) is 65.0 Å². The van der Waals surface area contributed by atoms with Crippen molar-refractivity contribution in [3.63, 3.8) is 0 Å². The molecule has 2 heteroatoms. The summed E-state index contributed by atoms with van der Waals surface area (Å²) in [4.78, 5) is 2.52. The second kappa shape index (κ2) is 4.66. The van der Waals surface area contributed by atoms with E-state index in [-0.39, 0.29) is 6.10 Å². The number of nitrogens with zero attached hydrogens (tertiary/aromatic N) is 1. The summed E-state index contributed by atoms with van der Waals surface area (Å²) in [5.74, 6) is 0.899. The van der Waals surface area contributed by atoms with Crippen LogP contribution in [-0.2, 0) is 0 Å². The van der Waals surface area contributed by atoms with Crippen molar-refractivity contribution in [1.82, 2.24) is 4.90 Å². The molecule has 2 rings (SSSR count). The first kappa shape index (κ1) is 12.4. The second-order valence-corrected chi connectivity index (χ2v) is 6.81. The number of hydrogen-bond donors (Lipinski definition) is 1. The van der Waals surface area contributed by atoms with Crippen LogP contribution in [0, 0.1) is 11.3 Å². The lowest BCUT2D eigenvalue weighted by Gasteiger charge is -2.40. The zero-order valence-electron chi connectivity index (χ0n) is 11.1. The third-order valence-corrected chi connectivity index (χ3v) is 4.63. The topological polar surface area (TPSA) is 23.5 Å². The van der Waals surface area contributed by atoms with E-state index in [0.29, 0.717) is 5.41 Å². The fourth-order valence-electron chi connectivity index (χ4n) is 3.41. The largest absolute Gasteiger partial charge is 0.392 e. The number of aliphatic hydroxyl groups excluding tert-OH is 1. The Labute approximate surface area is 100 Å². The van der Waals surface area contributed by atoms with Gasteiger partial charge in [0.25, 0.3) is 0 Å². The molecule has 0 amide bonds. The molecule has 1 atom stereocenters. The molecule has 0 aromatic carbocycles. The van der Waals surface area contributed by atoms with Gasteiger partial charge in [-0.25, -0.2) is 0 Å². The monoisotopic (exact) mass is 225 g/mol. The summed E-state index contributed by atoms with van der Waals surface area (Å²) >= 11 is 0. The fourth-order valence-corrected chi connectivity index (χ4v) is 3.41. The lowest BCUT2D eigenvalue weighted by atomic mass is 9.71. The van der Waals surface area contributed by atoms with E-state index in [1.165, 1.54) is 25.7 Å². The van der Waals surface area contributed by atoms with Crippen molar-refractivity contribution in [1.29, 1.82) is 0 Å². The van der Waals surface area contributed by atoms with Gasteiger partial charge in [-0.05, 0) is 43.4 Å². The van der Waals surface area contributed by atoms with Crippen molar-refractivity contribution < 1.29 is 5.11 Å². The zero-order valence-corrected chi connectivity index (χ0v) is 11.1. The van der Waals surface area contributed by atoms with Gasteiger partial charge in [0.2, 0.25) is 0 Å². The molecule has 1 aliphatic carbocycles. The van der Waals surface area contributed by atoms with Crippen LogP contribution in [0.5, 0.6) is 0 Å². The van der Waals surface area contributed by atoms with Gasteiger partial charge in [0.15, 0.2) is 0 Å². The van der Waals surface area contributed by atoms with Crippen LogP contribution in [0.15, 0.2) is 0 Å². The molecule has 2 fully saturated rings. The Balaban J connectivity index is 1.81. The number of hydrogen-bond acceptors (Lipinski definition) is 2. The average Bonchev–Trinajstić information content (AvgIpc) is 2.64. The predicted octanol–water partition coefficient (Wildman–Crippen LogP) is 2.66. The lowest BCUT2D eigenvalue weighted by Crippen LogP contribution is -2.39. The van der Waals surface area contributed by atoms with Gasteiger partial charge in [-0.1, -0.05) is 20.8 Å². The minimum absolute atomic E-state index is 0.0552. The van der Waals surface area contributed by atoms with E-state index >= 15 is 0 Å². The van der Waals surface area contributed by atoms with Crippen LogP contribution in [0.3, 0.4) is 0 Å². The first-order chi connectivity index (χ1) is 7.47. The Morgan fingerprint density at radius 1 is 1.00 bits per heavy atom. The Morgan fingerprint density at radius 2 is 1.62 bits per heavy atom. The first-order valence-corrected chi connectivity index (χ1v) is 6.89. The average molecular weight is 225 g/mol. The molecule has 0 radical (unpaired) electrons. The maximum absolute atomic E-state index is 9.57. The molecule has 2 aliphatic rings. The zero-order chi connectivity index (χ0) is 11.8. The van der Waals surface area contributed by atoms with Crippen molar-refractivity contribution in [3.05, 3.63) is 0 Å². The SMILES string of the molecule is CC(C)(C)[C@H]1CC[C@H](N2CCC(O)C2)CC1. The molecule has 1 heterocycles. The van der Waals surface area contributed by atoms with Crippen molar-refractivity contribution in [2.24, 2.45) is 11.3 Å². The highest BCUT2D eigenvalue weighted by Crippen LogP contribution is 2.39. The number of rotatable bonds is 1. The summed E-state index contributed by atoms with van der Waals surface area (Å²) in [5, 5.41) is 9.57. The van der Waals surface area contributed by atoms with Gasteiger partial charge in [-0.15, -0.1) is 0 Å². The van der Waals surface area contributed by atoms with Gasteiger partial charge in [0.05, 0.1) is 6.10 Å². The van der Waals surface area contributed by atoms with Gasteiger partial charge in [-0.3, -0.25) is 4.90 Å². The Kier molecular flexibility index (Phi) is 3.60. The molecule has 94 valence electrons. The van der Waals surface area contributed by atoms with E-state index in [1.807, 2.05) is 0 Å². The van der Waals surface area contributed by atoms with Crippen LogP contribution < -0.4 is 0 Å². The Morgan fingerprint density at radius 3 is 2.06 bits per heavy atom. The van der Waals surface area contributed by atoms with Gasteiger partial charge >= 0.3 is 0 Å². The van der Waals surface area contributed by atoms with E-state index in [0.717, 1.165) is 31.5 Å². The van der Waals surface area contributed by atoms with Crippen LogP contribution in [0.2, 0.25) is 0 Å². The summed E-state index contributed by atoms with van der Waals surface area (Å²) in [6.07, 6.45) is 6.37. The smallest absolute Gasteiger partial charge is 0.0679 e. The maximum Gasteiger partial charge on any atom is 0.0679 e. The molecule has 1 saturated carbocycles. The van der Waals surface area contributed by atoms with E-state index in [4.69, 9.17) is 0 Å². The summed E-state index contributed by atoms with van der Waals surface area (Å²) in [5.41, 5.74) is 0.482. The summed E-state index contributed by atoms with van der Waals surface area (Å²) in [6.45, 7) is 9.16. The minimum atomic E-state index is -0.0552. The molecular formula is C14H27NO. The molecule has 2 nitrogen and oxygen atoms in total. The van der Waals surface area contributed by atoms with E-state index in [2.05, 4.69) is 25.7 Å². The van der Waals surface area contributed by atoms with Crippen molar-refractivity contribution >= 4 is 0 Å². The van der Waals surface area contributed by atoms with Crippen LogP contribution in [0.4, 0.5) is 0 Å². The molecule has 0 spiro atoms. The van der Waals surface area contributed by atoms with Crippen LogP contribution in [0.1, 0.15) is 52.9 Å². The number of likely N-dealkylation sites (tertiary alicyclic amines) is 1. The summed E-state index contributed by atoms with van der Waals surface area (Å²) in [7, 11) is 0. The highest BCUT2D eigenvalue weighted by atomic mass is 16.3. The van der Waals surface area contributed by atoms with Gasteiger partial charge in [-0.2, -0.15) is 0 Å². The molecule has 1 aliphatic heterocycles. The number of β-amino-alcohol motifs (C(OH)–C–C–N with tert-alkyl or cyclic N) is 1. The maximum atomic E-state index is 9.57. The van der Waals surface area contributed by atoms with Crippen LogP contribution >= 0.6 is 0 Å². The highest BCUT2D eigenvalue weighted by Gasteiger charge is 2.34. The molecule has 0 aromatic rings. The van der Waals surface area contributed by atoms with Gasteiger partial charge in [0, 0.05) is 19.1 Å². The van der Waals surface area contributed by atoms with Crippen molar-refractivity contribution in [3.8, 4) is 0 Å². The van der Waals surface area contributed by atoms with Gasteiger partial charge in [0.1, 0.15) is 0 Å². The Hall–Kier alpha value is -0.0800. The molecule has 1 saturated heterocycles. The lowest BCUT2D eigenvalue weighted by molar-refractivity contribution is 0.0976. The van der Waals surface area contributed by atoms with E-state index in [9.17, 15) is 5.11 Å². The quantitative estimate of drug-likeness (QED) is 0.741. The second-order valence-electron chi connectivity index (χ2n) is 6.81. The van der Waals surface area contributed by atoms with E-state index < -0.39 is 0 Å². The number of aliphatic hydroxyl groups is 1. The molecule has 16 heavy (non-hydrogen) atoms. The first-order valence-electron chi connectivity index (χ1n) is 6.89. The molecule has 0 bridgehead atoms. The van der Waals surface area contributed by atoms with Crippen LogP contribution in [0.25, 0.3) is 0 Å². The van der Waals surface area contributed by atoms with Crippen LogP contribution in [-0.4, -0.2) is 35.2 Å². The normalized spacial score (nSPS) is 37.9. The molecule has 1 N–H and O–H groups in total. The molecular weight excluding hydrogens is 198 g/mol. The standard InChI is InChI=1S/C14H27NO/c1-14(2,3)11-4-6-12(7-5-11)15-9-8-13(16)10-15/h11-13,16H,4-10H2,1-3H3/t11-,12-,13?. The van der Waals surface area contributed by atoms with Gasteiger partial charge < -0.3 is 5.11 Å². The third-order valence-electron chi connectivity index (χ3n) is 4.63. The predicted molar refractivity (Wildman–Crippen MR) is 67.4 cm³/mol. The molecule has 0 aromatic heterocycles. The summed E-state index contributed by atoms with van der Waals surface area (Å²) < 4.78 is 0. The fraction of sp³-hybridized carbons (Fsp3) is 1.00. The third kappa shape index (κ3) is 2.78. The minimum Gasteiger partial charge on any atom is -0.392 e. The van der Waals surface area contributed by atoms with E-state index in [1.54, 1.807) is 0 Å². The molecule has 1 unspecified atom stereocenters.